The molecule has 5 rings (SSSR count). The van der Waals surface area contributed by atoms with Gasteiger partial charge in [-0.05, 0) is 37.7 Å². The first-order valence-electron chi connectivity index (χ1n) is 9.61. The third-order valence-electron chi connectivity index (χ3n) is 6.38. The van der Waals surface area contributed by atoms with Crippen molar-refractivity contribution in [2.75, 3.05) is 0 Å². The Labute approximate surface area is 157 Å². The maximum absolute atomic E-state index is 12.4. The smallest absolute Gasteiger partial charge is 0.214 e. The van der Waals surface area contributed by atoms with E-state index in [1.54, 1.807) is 6.20 Å². The standard InChI is InChI=1S/C18H24N6O2S/c1-3-11-8-12(23-27(25,26)13-4-5-13)9-18(11,2)17-22-21-15-10-20-16-14(24(15)17)6-7-19-16/h6-7,10-13,19,23H,3-5,8-9H2,1-2H3/t11-,12+,18-/m1/s1. The normalized spacial score (nSPS) is 29.1. The van der Waals surface area contributed by atoms with Crippen molar-refractivity contribution in [1.29, 1.82) is 0 Å². The molecular formula is C18H24N6O2S. The number of rotatable bonds is 5. The molecule has 2 saturated carbocycles. The van der Waals surface area contributed by atoms with Gasteiger partial charge in [0, 0.05) is 17.7 Å². The van der Waals surface area contributed by atoms with E-state index in [9.17, 15) is 8.42 Å². The lowest BCUT2D eigenvalue weighted by Gasteiger charge is -2.29. The second kappa shape index (κ2) is 5.75. The monoisotopic (exact) mass is 388 g/mol. The molecule has 8 nitrogen and oxygen atoms in total. The van der Waals surface area contributed by atoms with Gasteiger partial charge >= 0.3 is 0 Å². The minimum Gasteiger partial charge on any atom is -0.345 e. The Morgan fingerprint density at radius 2 is 2.19 bits per heavy atom. The summed E-state index contributed by atoms with van der Waals surface area (Å²) in [6.45, 7) is 4.36. The molecule has 0 unspecified atom stereocenters. The van der Waals surface area contributed by atoms with E-state index in [0.29, 0.717) is 5.92 Å². The summed E-state index contributed by atoms with van der Waals surface area (Å²) in [5, 5.41) is 8.69. The molecule has 2 fully saturated rings. The van der Waals surface area contributed by atoms with Crippen LogP contribution in [-0.2, 0) is 15.4 Å². The lowest BCUT2D eigenvalue weighted by molar-refractivity contribution is 0.315. The molecule has 3 atom stereocenters. The van der Waals surface area contributed by atoms with E-state index in [-0.39, 0.29) is 16.7 Å². The molecule has 27 heavy (non-hydrogen) atoms. The molecule has 0 aromatic carbocycles. The lowest BCUT2D eigenvalue weighted by atomic mass is 9.77. The second-order valence-corrected chi connectivity index (χ2v) is 10.2. The largest absolute Gasteiger partial charge is 0.345 e. The van der Waals surface area contributed by atoms with E-state index >= 15 is 0 Å². The SMILES string of the molecule is CC[C@@H]1C[C@H](NS(=O)(=O)C2CC2)C[C@@]1(C)c1nnc2cnc3[nH]ccc3n12. The van der Waals surface area contributed by atoms with Crippen molar-refractivity contribution >= 4 is 26.8 Å². The summed E-state index contributed by atoms with van der Waals surface area (Å²) in [4.78, 5) is 7.53. The zero-order valence-corrected chi connectivity index (χ0v) is 16.3. The van der Waals surface area contributed by atoms with E-state index < -0.39 is 10.0 Å². The third-order valence-corrected chi connectivity index (χ3v) is 8.39. The number of aromatic nitrogens is 5. The maximum atomic E-state index is 12.4. The predicted octanol–water partition coefficient (Wildman–Crippen LogP) is 2.13. The Balaban J connectivity index is 1.56. The van der Waals surface area contributed by atoms with Crippen molar-refractivity contribution in [2.24, 2.45) is 5.92 Å². The number of hydrogen-bond acceptors (Lipinski definition) is 5. The van der Waals surface area contributed by atoms with Crippen molar-refractivity contribution in [2.45, 2.75) is 62.7 Å². The molecule has 0 amide bonds. The van der Waals surface area contributed by atoms with Gasteiger partial charge in [-0.1, -0.05) is 20.3 Å². The molecule has 0 bridgehead atoms. The minimum atomic E-state index is -3.20. The summed E-state index contributed by atoms with van der Waals surface area (Å²) in [6, 6.07) is 1.93. The fourth-order valence-corrected chi connectivity index (χ4v) is 6.39. The quantitative estimate of drug-likeness (QED) is 0.697. The zero-order chi connectivity index (χ0) is 18.8. The lowest BCUT2D eigenvalue weighted by Crippen LogP contribution is -2.36. The first kappa shape index (κ1) is 17.1. The van der Waals surface area contributed by atoms with Gasteiger partial charge in [-0.2, -0.15) is 0 Å². The van der Waals surface area contributed by atoms with Crippen molar-refractivity contribution in [3.63, 3.8) is 0 Å². The minimum absolute atomic E-state index is 0.0542. The number of nitrogens with one attached hydrogen (secondary N) is 2. The van der Waals surface area contributed by atoms with Crippen LogP contribution in [0.5, 0.6) is 0 Å². The van der Waals surface area contributed by atoms with Crippen LogP contribution in [0.15, 0.2) is 18.5 Å². The van der Waals surface area contributed by atoms with Crippen LogP contribution in [0.25, 0.3) is 16.8 Å². The highest BCUT2D eigenvalue weighted by molar-refractivity contribution is 7.90. The molecule has 144 valence electrons. The molecule has 3 aromatic rings. The second-order valence-electron chi connectivity index (χ2n) is 8.21. The summed E-state index contributed by atoms with van der Waals surface area (Å²) in [5.41, 5.74) is 2.21. The van der Waals surface area contributed by atoms with Gasteiger partial charge in [0.2, 0.25) is 10.0 Å². The van der Waals surface area contributed by atoms with Gasteiger partial charge in [-0.25, -0.2) is 18.1 Å². The van der Waals surface area contributed by atoms with E-state index in [1.165, 1.54) is 0 Å². The molecule has 0 spiro atoms. The fourth-order valence-electron chi connectivity index (χ4n) is 4.80. The number of sulfonamides is 1. The molecule has 2 aliphatic rings. The van der Waals surface area contributed by atoms with Gasteiger partial charge in [0.15, 0.2) is 11.3 Å². The average Bonchev–Trinajstić information content (AvgIpc) is 3.11. The van der Waals surface area contributed by atoms with Crippen LogP contribution in [0.4, 0.5) is 0 Å². The molecule has 3 heterocycles. The van der Waals surface area contributed by atoms with Gasteiger partial charge in [0.25, 0.3) is 0 Å². The van der Waals surface area contributed by atoms with Crippen molar-refractivity contribution in [3.05, 3.63) is 24.3 Å². The predicted molar refractivity (Wildman–Crippen MR) is 102 cm³/mol. The summed E-state index contributed by atoms with van der Waals surface area (Å²) < 4.78 is 29.9. The molecule has 0 saturated heterocycles. The van der Waals surface area contributed by atoms with Crippen LogP contribution >= 0.6 is 0 Å². The topological polar surface area (TPSA) is 105 Å². The highest BCUT2D eigenvalue weighted by atomic mass is 32.2. The molecule has 2 N–H and O–H groups in total. The molecule has 3 aromatic heterocycles. The first-order chi connectivity index (χ1) is 12.9. The van der Waals surface area contributed by atoms with Crippen LogP contribution in [0.1, 0.15) is 51.8 Å². The molecule has 0 aliphatic heterocycles. The van der Waals surface area contributed by atoms with Gasteiger partial charge in [0.05, 0.1) is 17.0 Å². The van der Waals surface area contributed by atoms with Crippen LogP contribution in [-0.4, -0.2) is 44.3 Å². The van der Waals surface area contributed by atoms with Crippen LogP contribution in [0.3, 0.4) is 0 Å². The van der Waals surface area contributed by atoms with Crippen LogP contribution < -0.4 is 4.72 Å². The highest BCUT2D eigenvalue weighted by Crippen LogP contribution is 2.47. The van der Waals surface area contributed by atoms with Gasteiger partial charge in [-0.15, -0.1) is 10.2 Å². The number of aromatic amines is 1. The van der Waals surface area contributed by atoms with Crippen LogP contribution in [0, 0.1) is 5.92 Å². The van der Waals surface area contributed by atoms with E-state index in [0.717, 1.165) is 54.7 Å². The van der Waals surface area contributed by atoms with E-state index in [4.69, 9.17) is 0 Å². The van der Waals surface area contributed by atoms with E-state index in [1.807, 2.05) is 12.3 Å². The summed E-state index contributed by atoms with van der Waals surface area (Å²) in [6.07, 6.45) is 7.67. The van der Waals surface area contributed by atoms with Crippen molar-refractivity contribution in [3.8, 4) is 0 Å². The third kappa shape index (κ3) is 2.59. The Hall–Kier alpha value is -2.00. The Kier molecular flexibility index (Phi) is 3.64. The van der Waals surface area contributed by atoms with Gasteiger partial charge in [-0.3, -0.25) is 4.40 Å². The maximum Gasteiger partial charge on any atom is 0.214 e. The molecule has 2 aliphatic carbocycles. The molecular weight excluding hydrogens is 364 g/mol. The van der Waals surface area contributed by atoms with E-state index in [2.05, 4.69) is 43.1 Å². The number of H-pyrrole nitrogens is 1. The Morgan fingerprint density at radius 3 is 2.93 bits per heavy atom. The Bertz CT molecular complexity index is 1120. The number of nitrogens with zero attached hydrogens (tertiary/aromatic N) is 4. The van der Waals surface area contributed by atoms with Crippen molar-refractivity contribution in [1.82, 2.24) is 29.3 Å². The van der Waals surface area contributed by atoms with Crippen LogP contribution in [0.2, 0.25) is 0 Å². The van der Waals surface area contributed by atoms with Gasteiger partial charge < -0.3 is 4.98 Å². The Morgan fingerprint density at radius 1 is 1.37 bits per heavy atom. The van der Waals surface area contributed by atoms with Gasteiger partial charge in [0.1, 0.15) is 5.82 Å². The molecule has 9 heteroatoms. The molecule has 0 radical (unpaired) electrons. The average molecular weight is 388 g/mol. The first-order valence-corrected chi connectivity index (χ1v) is 11.2. The number of fused-ring (bicyclic) bond motifs is 3. The zero-order valence-electron chi connectivity index (χ0n) is 15.5. The summed E-state index contributed by atoms with van der Waals surface area (Å²) in [7, 11) is -3.20. The highest BCUT2D eigenvalue weighted by Gasteiger charge is 2.49. The van der Waals surface area contributed by atoms with Crippen molar-refractivity contribution < 1.29 is 8.42 Å². The summed E-state index contributed by atoms with van der Waals surface area (Å²) >= 11 is 0. The fraction of sp³-hybridized carbons (Fsp3) is 0.611. The number of hydrogen-bond donors (Lipinski definition) is 2. The summed E-state index contributed by atoms with van der Waals surface area (Å²) in [5.74, 6) is 1.23.